The van der Waals surface area contributed by atoms with Gasteiger partial charge in [0.25, 0.3) is 0 Å². The van der Waals surface area contributed by atoms with Gasteiger partial charge in [-0.15, -0.1) is 0 Å². The summed E-state index contributed by atoms with van der Waals surface area (Å²) in [6.07, 6.45) is 8.18. The van der Waals surface area contributed by atoms with E-state index in [1.165, 1.54) is 11.5 Å². The van der Waals surface area contributed by atoms with Crippen LogP contribution < -0.4 is 10.6 Å². The molecule has 2 aromatic rings. The first-order valence-corrected chi connectivity index (χ1v) is 9.57. The third-order valence-electron chi connectivity index (χ3n) is 5.26. The number of nitrogens with two attached hydrogens (primary N) is 1. The first-order valence-electron chi connectivity index (χ1n) is 8.73. The van der Waals surface area contributed by atoms with Crippen LogP contribution in [0.3, 0.4) is 0 Å². The Hall–Kier alpha value is -2.93. The molecule has 3 heterocycles. The Labute approximate surface area is 160 Å². The van der Waals surface area contributed by atoms with Crippen molar-refractivity contribution in [3.8, 4) is 0 Å². The zero-order valence-corrected chi connectivity index (χ0v) is 15.6. The molecule has 0 radical (unpaired) electrons. The molecule has 1 spiro atoms. The van der Waals surface area contributed by atoms with Crippen molar-refractivity contribution in [2.24, 2.45) is 16.3 Å². The summed E-state index contributed by atoms with van der Waals surface area (Å²) in [5, 5.41) is 8.70. The van der Waals surface area contributed by atoms with Gasteiger partial charge in [0.1, 0.15) is 11.5 Å². The van der Waals surface area contributed by atoms with E-state index in [4.69, 9.17) is 10.8 Å². The fourth-order valence-electron chi connectivity index (χ4n) is 3.94. The second kappa shape index (κ2) is 5.79. The number of hydrogen-bond acceptors (Lipinski definition) is 6. The number of allylic oxidation sites excluding steroid dienone is 3. The molecule has 1 aromatic heterocycles. The van der Waals surface area contributed by atoms with Crippen LogP contribution in [0.25, 0.3) is 0 Å². The summed E-state index contributed by atoms with van der Waals surface area (Å²) < 4.78 is 18.4. The van der Waals surface area contributed by atoms with Crippen LogP contribution in [0.15, 0.2) is 70.6 Å². The van der Waals surface area contributed by atoms with E-state index in [-0.39, 0.29) is 11.2 Å². The van der Waals surface area contributed by atoms with Gasteiger partial charge >= 0.3 is 0 Å². The maximum absolute atomic E-state index is 13.9. The van der Waals surface area contributed by atoms with Crippen LogP contribution in [0.5, 0.6) is 0 Å². The number of aromatic nitrogens is 1. The van der Waals surface area contributed by atoms with Gasteiger partial charge in [-0.25, -0.2) is 4.39 Å². The monoisotopic (exact) mass is 379 g/mol. The molecule has 3 aliphatic rings. The van der Waals surface area contributed by atoms with E-state index in [9.17, 15) is 4.39 Å². The number of aryl methyl sites for hydroxylation is 1. The highest BCUT2D eigenvalue weighted by Gasteiger charge is 2.51. The first-order chi connectivity index (χ1) is 13.1. The van der Waals surface area contributed by atoms with E-state index in [1.807, 2.05) is 39.7 Å². The highest BCUT2D eigenvalue weighted by atomic mass is 32.1. The third kappa shape index (κ3) is 2.42. The highest BCUT2D eigenvalue weighted by molar-refractivity contribution is 7.03. The zero-order valence-electron chi connectivity index (χ0n) is 14.8. The second-order valence-corrected chi connectivity index (χ2v) is 7.71. The third-order valence-corrected chi connectivity index (χ3v) is 5.81. The summed E-state index contributed by atoms with van der Waals surface area (Å²) in [5.74, 6) is 0.667. The van der Waals surface area contributed by atoms with Crippen molar-refractivity contribution in [1.29, 1.82) is 0 Å². The van der Waals surface area contributed by atoms with Gasteiger partial charge in [-0.05, 0) is 47.8 Å². The minimum absolute atomic E-state index is 0.189. The van der Waals surface area contributed by atoms with Crippen molar-refractivity contribution in [3.63, 3.8) is 0 Å². The molecule has 136 valence electrons. The smallest absolute Gasteiger partial charge is 0.150 e. The molecule has 0 saturated heterocycles. The molecule has 7 heteroatoms. The fourth-order valence-corrected chi connectivity index (χ4v) is 4.44. The Bertz CT molecular complexity index is 1040. The Morgan fingerprint density at radius 2 is 2.22 bits per heavy atom. The average molecular weight is 379 g/mol. The summed E-state index contributed by atoms with van der Waals surface area (Å²) in [5.41, 5.74) is 10.1. The zero-order chi connectivity index (χ0) is 18.6. The average Bonchev–Trinajstić information content (AvgIpc) is 3.37. The normalized spacial score (nSPS) is 23.1. The lowest BCUT2D eigenvalue weighted by Gasteiger charge is -2.37. The molecule has 5 nitrogen and oxygen atoms in total. The largest absolute Gasteiger partial charge is 0.396 e. The van der Waals surface area contributed by atoms with Crippen molar-refractivity contribution >= 4 is 23.1 Å². The van der Waals surface area contributed by atoms with Gasteiger partial charge in [-0.2, -0.15) is 9.47 Å². The summed E-state index contributed by atoms with van der Waals surface area (Å²) in [6.45, 7) is 2.96. The molecule has 1 unspecified atom stereocenters. The van der Waals surface area contributed by atoms with Crippen LogP contribution >= 0.6 is 11.5 Å². The standard InChI is InChI=1S/C20H18FN5S/c1-13-4-5-14(9-15(13)21)10-25-12-20-7-2-3-17(20)26(18-6-8-27-24-18)11-16(22)19(20)23-25/h2-9,11H,10,12,22H2,1H3. The molecule has 0 bridgehead atoms. The number of anilines is 1. The van der Waals surface area contributed by atoms with Crippen LogP contribution in [0, 0.1) is 18.2 Å². The molecule has 1 atom stereocenters. The van der Waals surface area contributed by atoms with Crippen LogP contribution in [-0.4, -0.2) is 21.6 Å². The number of halogens is 1. The topological polar surface area (TPSA) is 57.8 Å². The molecule has 1 aliphatic carbocycles. The van der Waals surface area contributed by atoms with Crippen molar-refractivity contribution in [1.82, 2.24) is 9.38 Å². The molecular weight excluding hydrogens is 361 g/mol. The summed E-state index contributed by atoms with van der Waals surface area (Å²) in [4.78, 5) is 2.04. The molecule has 0 saturated carbocycles. The first kappa shape index (κ1) is 16.3. The van der Waals surface area contributed by atoms with Crippen molar-refractivity contribution in [3.05, 3.63) is 82.4 Å². The van der Waals surface area contributed by atoms with E-state index in [2.05, 4.69) is 16.5 Å². The van der Waals surface area contributed by atoms with E-state index >= 15 is 0 Å². The van der Waals surface area contributed by atoms with Crippen molar-refractivity contribution in [2.45, 2.75) is 13.5 Å². The molecule has 1 aromatic carbocycles. The molecule has 5 rings (SSSR count). The molecule has 2 N–H and O–H groups in total. The predicted molar refractivity (Wildman–Crippen MR) is 106 cm³/mol. The minimum Gasteiger partial charge on any atom is -0.396 e. The number of benzene rings is 1. The molecule has 27 heavy (non-hydrogen) atoms. The van der Waals surface area contributed by atoms with E-state index < -0.39 is 0 Å². The highest BCUT2D eigenvalue weighted by Crippen LogP contribution is 2.47. The van der Waals surface area contributed by atoms with E-state index in [1.54, 1.807) is 19.1 Å². The summed E-state index contributed by atoms with van der Waals surface area (Å²) in [6, 6.07) is 7.31. The SMILES string of the molecule is Cc1ccc(CN2CC34C=CC=C3N(c3ccsn3)C=C(N)C4=N2)cc1F. The Morgan fingerprint density at radius 3 is 3.00 bits per heavy atom. The predicted octanol–water partition coefficient (Wildman–Crippen LogP) is 3.52. The van der Waals surface area contributed by atoms with Crippen molar-refractivity contribution < 1.29 is 4.39 Å². The quantitative estimate of drug-likeness (QED) is 0.887. The summed E-state index contributed by atoms with van der Waals surface area (Å²) in [7, 11) is 0. The van der Waals surface area contributed by atoms with Gasteiger partial charge < -0.3 is 10.6 Å². The fraction of sp³-hybridized carbons (Fsp3) is 0.200. The lowest BCUT2D eigenvalue weighted by molar-refractivity contribution is 0.275. The molecule has 2 aliphatic heterocycles. The molecule has 0 amide bonds. The lowest BCUT2D eigenvalue weighted by Crippen LogP contribution is -2.44. The van der Waals surface area contributed by atoms with Gasteiger partial charge in [0.05, 0.1) is 24.2 Å². The van der Waals surface area contributed by atoms with Crippen molar-refractivity contribution in [2.75, 3.05) is 11.4 Å². The van der Waals surface area contributed by atoms with Crippen LogP contribution in [0.1, 0.15) is 11.1 Å². The van der Waals surface area contributed by atoms with E-state index in [0.717, 1.165) is 22.8 Å². The van der Waals surface area contributed by atoms with Gasteiger partial charge in [0.15, 0.2) is 5.82 Å². The van der Waals surface area contributed by atoms with Gasteiger partial charge in [-0.1, -0.05) is 24.3 Å². The molecular formula is C20H18FN5S. The minimum atomic E-state index is -0.383. The van der Waals surface area contributed by atoms with Gasteiger partial charge in [0.2, 0.25) is 0 Å². The Kier molecular flexibility index (Phi) is 3.48. The Balaban J connectivity index is 1.49. The van der Waals surface area contributed by atoms with E-state index in [0.29, 0.717) is 24.4 Å². The van der Waals surface area contributed by atoms with Gasteiger partial charge in [-0.3, -0.25) is 5.01 Å². The number of hydrogen-bond donors (Lipinski definition) is 1. The summed E-state index contributed by atoms with van der Waals surface area (Å²) >= 11 is 1.41. The second-order valence-electron chi connectivity index (χ2n) is 7.05. The van der Waals surface area contributed by atoms with Crippen LogP contribution in [-0.2, 0) is 6.54 Å². The maximum Gasteiger partial charge on any atom is 0.150 e. The number of hydrazone groups is 1. The molecule has 0 fully saturated rings. The van der Waals surface area contributed by atoms with Crippen LogP contribution in [0.4, 0.5) is 10.2 Å². The lowest BCUT2D eigenvalue weighted by atomic mass is 9.78. The van der Waals surface area contributed by atoms with Gasteiger partial charge in [0, 0.05) is 17.3 Å². The number of rotatable bonds is 3. The van der Waals surface area contributed by atoms with Crippen LogP contribution in [0.2, 0.25) is 0 Å². The Morgan fingerprint density at radius 1 is 1.33 bits per heavy atom. The maximum atomic E-state index is 13.9. The number of nitrogens with zero attached hydrogens (tertiary/aromatic N) is 4.